The van der Waals surface area contributed by atoms with Crippen LogP contribution in [0.15, 0.2) is 12.7 Å². The maximum absolute atomic E-state index is 3.83. The average molecular weight is 158 g/mol. The Morgan fingerprint density at radius 2 is 1.50 bits per heavy atom. The van der Waals surface area contributed by atoms with Gasteiger partial charge in [0.05, 0.1) is 15.5 Å². The van der Waals surface area contributed by atoms with Gasteiger partial charge in [-0.15, -0.1) is 6.58 Å². The van der Waals surface area contributed by atoms with E-state index in [0.717, 1.165) is 10.2 Å². The van der Waals surface area contributed by atoms with Crippen molar-refractivity contribution >= 4 is 10.2 Å². The van der Waals surface area contributed by atoms with Gasteiger partial charge in [0.25, 0.3) is 0 Å². The highest BCUT2D eigenvalue weighted by Crippen LogP contribution is 2.10. The fourth-order valence-corrected chi connectivity index (χ4v) is 0.765. The van der Waals surface area contributed by atoms with Gasteiger partial charge in [-0.2, -0.15) is 0 Å². The molecule has 0 radical (unpaired) electrons. The first-order valence-electron chi connectivity index (χ1n) is 3.43. The van der Waals surface area contributed by atoms with Crippen LogP contribution in [0.1, 0.15) is 0 Å². The number of hydrogen-bond donors (Lipinski definition) is 0. The highest BCUT2D eigenvalue weighted by atomic mass is 28.1. The molecule has 0 amide bonds. The second-order valence-corrected chi connectivity index (χ2v) is 4.56. The summed E-state index contributed by atoms with van der Waals surface area (Å²) >= 11 is 0. The Balaban J connectivity index is 4.38. The standard InChI is InChI=1S/C7H18N2Si/c1-6-7(10,8(2)3)9(4)5/h6H,1H2,2-5,10H3. The minimum atomic E-state index is 0.111. The molecule has 0 rings (SSSR count). The van der Waals surface area contributed by atoms with E-state index >= 15 is 0 Å². The van der Waals surface area contributed by atoms with E-state index in [-0.39, 0.29) is 5.29 Å². The first-order valence-corrected chi connectivity index (χ1v) is 4.43. The largest absolute Gasteiger partial charge is 0.292 e. The van der Waals surface area contributed by atoms with E-state index in [4.69, 9.17) is 0 Å². The van der Waals surface area contributed by atoms with Crippen LogP contribution in [0.25, 0.3) is 0 Å². The predicted molar refractivity (Wildman–Crippen MR) is 50.2 cm³/mol. The van der Waals surface area contributed by atoms with Gasteiger partial charge in [-0.05, 0) is 28.2 Å². The predicted octanol–water partition coefficient (Wildman–Crippen LogP) is -0.685. The molecule has 0 aromatic rings. The Labute approximate surface area is 66.9 Å². The lowest BCUT2D eigenvalue weighted by atomic mass is 10.4. The molecule has 3 heteroatoms. The minimum Gasteiger partial charge on any atom is -0.292 e. The third kappa shape index (κ3) is 1.68. The molecule has 0 unspecified atom stereocenters. The lowest BCUT2D eigenvalue weighted by Crippen LogP contribution is -2.54. The second kappa shape index (κ2) is 3.32. The molecule has 0 spiro atoms. The van der Waals surface area contributed by atoms with Gasteiger partial charge in [0, 0.05) is 0 Å². The van der Waals surface area contributed by atoms with Crippen LogP contribution in [0, 0.1) is 0 Å². The maximum atomic E-state index is 3.83. The molecule has 0 bridgehead atoms. The normalized spacial score (nSPS) is 13.0. The lowest BCUT2D eigenvalue weighted by molar-refractivity contribution is 0.131. The summed E-state index contributed by atoms with van der Waals surface area (Å²) in [5.41, 5.74) is 0. The maximum Gasteiger partial charge on any atom is 0.0689 e. The van der Waals surface area contributed by atoms with E-state index < -0.39 is 0 Å². The quantitative estimate of drug-likeness (QED) is 0.305. The smallest absolute Gasteiger partial charge is 0.0689 e. The zero-order chi connectivity index (χ0) is 8.36. The van der Waals surface area contributed by atoms with Crippen LogP contribution in [0.3, 0.4) is 0 Å². The van der Waals surface area contributed by atoms with E-state index in [9.17, 15) is 0 Å². The summed E-state index contributed by atoms with van der Waals surface area (Å²) in [7, 11) is 9.38. The van der Waals surface area contributed by atoms with E-state index in [2.05, 4.69) is 44.6 Å². The Kier molecular flexibility index (Phi) is 3.28. The van der Waals surface area contributed by atoms with Gasteiger partial charge < -0.3 is 0 Å². The molecule has 0 aliphatic rings. The number of hydrogen-bond acceptors (Lipinski definition) is 2. The topological polar surface area (TPSA) is 6.48 Å². The first kappa shape index (κ1) is 9.88. The summed E-state index contributed by atoms with van der Waals surface area (Å²) in [6.45, 7) is 3.83. The fourth-order valence-electron chi connectivity index (χ4n) is 0.765. The van der Waals surface area contributed by atoms with Crippen molar-refractivity contribution in [2.75, 3.05) is 28.2 Å². The van der Waals surface area contributed by atoms with Crippen molar-refractivity contribution < 1.29 is 0 Å². The Morgan fingerprint density at radius 1 is 1.20 bits per heavy atom. The molecular formula is C7H18N2Si. The summed E-state index contributed by atoms with van der Waals surface area (Å²) < 4.78 is 0. The molecule has 0 heterocycles. The molecule has 0 atom stereocenters. The van der Waals surface area contributed by atoms with Crippen LogP contribution < -0.4 is 0 Å². The van der Waals surface area contributed by atoms with Crippen LogP contribution in [0.2, 0.25) is 0 Å². The summed E-state index contributed by atoms with van der Waals surface area (Å²) in [5.74, 6) is 0. The van der Waals surface area contributed by atoms with E-state index in [1.807, 2.05) is 6.08 Å². The molecule has 0 aliphatic heterocycles. The molecule has 2 nitrogen and oxygen atoms in total. The fraction of sp³-hybridized carbons (Fsp3) is 0.714. The summed E-state index contributed by atoms with van der Waals surface area (Å²) in [5, 5.41) is 0.111. The van der Waals surface area contributed by atoms with Gasteiger partial charge in [0.1, 0.15) is 0 Å². The summed E-state index contributed by atoms with van der Waals surface area (Å²) in [6, 6.07) is 0. The van der Waals surface area contributed by atoms with Crippen LogP contribution in [-0.2, 0) is 0 Å². The monoisotopic (exact) mass is 158 g/mol. The molecule has 60 valence electrons. The van der Waals surface area contributed by atoms with Crippen molar-refractivity contribution in [3.8, 4) is 0 Å². The molecule has 0 aliphatic carbocycles. The first-order chi connectivity index (χ1) is 4.45. The molecule has 0 saturated carbocycles. The average Bonchev–Trinajstić information content (AvgIpc) is 1.85. The number of likely N-dealkylation sites (N-methyl/N-ethyl adjacent to an activating group) is 2. The number of rotatable bonds is 3. The van der Waals surface area contributed by atoms with Gasteiger partial charge in [0.2, 0.25) is 0 Å². The van der Waals surface area contributed by atoms with Gasteiger partial charge in [-0.25, -0.2) is 0 Å². The Bertz CT molecular complexity index is 113. The van der Waals surface area contributed by atoms with Gasteiger partial charge >= 0.3 is 0 Å². The van der Waals surface area contributed by atoms with Gasteiger partial charge in [-0.3, -0.25) is 9.80 Å². The molecular weight excluding hydrogens is 140 g/mol. The molecule has 10 heavy (non-hydrogen) atoms. The van der Waals surface area contributed by atoms with Crippen LogP contribution in [0.4, 0.5) is 0 Å². The molecule has 0 aromatic heterocycles. The van der Waals surface area contributed by atoms with Crippen molar-refractivity contribution in [1.82, 2.24) is 9.80 Å². The van der Waals surface area contributed by atoms with Crippen molar-refractivity contribution in [2.45, 2.75) is 5.29 Å². The third-order valence-electron chi connectivity index (χ3n) is 2.20. The summed E-state index contributed by atoms with van der Waals surface area (Å²) in [4.78, 5) is 4.37. The lowest BCUT2D eigenvalue weighted by Gasteiger charge is -2.39. The van der Waals surface area contributed by atoms with Crippen LogP contribution in [-0.4, -0.2) is 53.5 Å². The molecule has 0 fully saturated rings. The summed E-state index contributed by atoms with van der Waals surface area (Å²) in [6.07, 6.45) is 2.00. The minimum absolute atomic E-state index is 0.111. The van der Waals surface area contributed by atoms with Crippen molar-refractivity contribution in [2.24, 2.45) is 0 Å². The van der Waals surface area contributed by atoms with Crippen LogP contribution in [0.5, 0.6) is 0 Å². The zero-order valence-corrected chi connectivity index (χ0v) is 9.68. The zero-order valence-electron chi connectivity index (χ0n) is 7.68. The van der Waals surface area contributed by atoms with Crippen molar-refractivity contribution in [3.05, 3.63) is 12.7 Å². The van der Waals surface area contributed by atoms with E-state index in [0.29, 0.717) is 0 Å². The van der Waals surface area contributed by atoms with Crippen molar-refractivity contribution in [3.63, 3.8) is 0 Å². The Morgan fingerprint density at radius 3 is 1.50 bits per heavy atom. The second-order valence-electron chi connectivity index (χ2n) is 3.09. The van der Waals surface area contributed by atoms with Gasteiger partial charge in [0.15, 0.2) is 0 Å². The molecule has 0 aromatic carbocycles. The Hall–Kier alpha value is -0.123. The third-order valence-corrected chi connectivity index (χ3v) is 4.39. The molecule has 0 saturated heterocycles. The van der Waals surface area contributed by atoms with E-state index in [1.165, 1.54) is 0 Å². The van der Waals surface area contributed by atoms with Gasteiger partial charge in [-0.1, -0.05) is 6.08 Å². The highest BCUT2D eigenvalue weighted by molar-refractivity contribution is 6.16. The molecule has 0 N–H and O–H groups in total. The van der Waals surface area contributed by atoms with E-state index in [1.54, 1.807) is 0 Å². The van der Waals surface area contributed by atoms with Crippen LogP contribution >= 0.6 is 0 Å². The van der Waals surface area contributed by atoms with Crippen molar-refractivity contribution in [1.29, 1.82) is 0 Å². The SMILES string of the molecule is C=CC([SiH3])(N(C)C)N(C)C. The number of nitrogens with zero attached hydrogens (tertiary/aromatic N) is 2. The highest BCUT2D eigenvalue weighted by Gasteiger charge is 2.24.